The normalized spacial score (nSPS) is 18.1. The second-order valence-electron chi connectivity index (χ2n) is 8.54. The second kappa shape index (κ2) is 10.4. The molecule has 0 spiro atoms. The molecule has 30 heavy (non-hydrogen) atoms. The molecular weight excluding hydrogens is 402 g/mol. The van der Waals surface area contributed by atoms with E-state index in [1.807, 2.05) is 34.6 Å². The molecule has 1 aromatic rings. The highest BCUT2D eigenvalue weighted by molar-refractivity contribution is 7.89. The molecular formula is C22H35N3O4S. The van der Waals surface area contributed by atoms with Gasteiger partial charge in [-0.2, -0.15) is 4.31 Å². The Morgan fingerprint density at radius 1 is 1.07 bits per heavy atom. The molecule has 2 rings (SSSR count). The van der Waals surface area contributed by atoms with Gasteiger partial charge in [-0.1, -0.05) is 38.5 Å². The van der Waals surface area contributed by atoms with Gasteiger partial charge in [0.1, 0.15) is 6.04 Å². The molecule has 2 N–H and O–H groups in total. The van der Waals surface area contributed by atoms with Gasteiger partial charge in [-0.3, -0.25) is 9.59 Å². The number of rotatable bonds is 8. The predicted octanol–water partition coefficient (Wildman–Crippen LogP) is 2.45. The first-order valence-electron chi connectivity index (χ1n) is 10.7. The molecule has 8 heteroatoms. The molecule has 1 aliphatic rings. The predicted molar refractivity (Wildman–Crippen MR) is 117 cm³/mol. The highest BCUT2D eigenvalue weighted by Crippen LogP contribution is 2.24. The van der Waals surface area contributed by atoms with Crippen molar-refractivity contribution in [3.8, 4) is 0 Å². The summed E-state index contributed by atoms with van der Waals surface area (Å²) < 4.78 is 27.1. The van der Waals surface area contributed by atoms with Crippen molar-refractivity contribution in [3.05, 3.63) is 29.8 Å². The third-order valence-electron chi connectivity index (χ3n) is 5.73. The molecule has 1 fully saturated rings. The summed E-state index contributed by atoms with van der Waals surface area (Å²) in [5.41, 5.74) is 1.00. The number of hydrogen-bond donors (Lipinski definition) is 2. The Morgan fingerprint density at radius 3 is 2.13 bits per heavy atom. The van der Waals surface area contributed by atoms with Crippen LogP contribution in [0.4, 0.5) is 0 Å². The minimum Gasteiger partial charge on any atom is -0.352 e. The van der Waals surface area contributed by atoms with Gasteiger partial charge in [0.15, 0.2) is 0 Å². The average Bonchev–Trinajstić information content (AvgIpc) is 2.71. The highest BCUT2D eigenvalue weighted by Gasteiger charge is 2.34. The van der Waals surface area contributed by atoms with Gasteiger partial charge in [-0.15, -0.1) is 0 Å². The Labute approximate surface area is 180 Å². The van der Waals surface area contributed by atoms with Gasteiger partial charge in [0.05, 0.1) is 4.90 Å². The van der Waals surface area contributed by atoms with Crippen LogP contribution in [0.25, 0.3) is 0 Å². The van der Waals surface area contributed by atoms with Crippen LogP contribution in [0.1, 0.15) is 52.5 Å². The molecule has 0 bridgehead atoms. The van der Waals surface area contributed by atoms with Crippen molar-refractivity contribution < 1.29 is 18.0 Å². The maximum absolute atomic E-state index is 12.8. The van der Waals surface area contributed by atoms with Gasteiger partial charge in [0, 0.05) is 25.0 Å². The monoisotopic (exact) mass is 437 g/mol. The van der Waals surface area contributed by atoms with Crippen molar-refractivity contribution in [1.29, 1.82) is 0 Å². The number of hydrogen-bond acceptors (Lipinski definition) is 4. The van der Waals surface area contributed by atoms with E-state index < -0.39 is 16.1 Å². The Balaban J connectivity index is 1.97. The summed E-state index contributed by atoms with van der Waals surface area (Å²) in [6, 6.07) is 6.25. The lowest BCUT2D eigenvalue weighted by Crippen LogP contribution is -2.53. The van der Waals surface area contributed by atoms with Gasteiger partial charge in [0.25, 0.3) is 0 Å². The summed E-state index contributed by atoms with van der Waals surface area (Å²) in [6.07, 6.45) is 1.70. The molecule has 2 amide bonds. The zero-order valence-corrected chi connectivity index (χ0v) is 19.5. The average molecular weight is 438 g/mol. The minimum atomic E-state index is -3.56. The molecule has 0 saturated carbocycles. The van der Waals surface area contributed by atoms with Crippen molar-refractivity contribution in [2.75, 3.05) is 13.1 Å². The summed E-state index contributed by atoms with van der Waals surface area (Å²) in [6.45, 7) is 10.2. The lowest BCUT2D eigenvalue weighted by molar-refractivity contribution is -0.133. The second-order valence-corrected chi connectivity index (χ2v) is 10.5. The van der Waals surface area contributed by atoms with E-state index in [0.717, 1.165) is 12.0 Å². The van der Waals surface area contributed by atoms with Gasteiger partial charge in [-0.05, 0) is 51.2 Å². The van der Waals surface area contributed by atoms with Crippen molar-refractivity contribution in [3.63, 3.8) is 0 Å². The fraction of sp³-hybridized carbons (Fsp3) is 0.636. The van der Waals surface area contributed by atoms with E-state index >= 15 is 0 Å². The molecule has 2 unspecified atom stereocenters. The first-order valence-corrected chi connectivity index (χ1v) is 12.2. The van der Waals surface area contributed by atoms with Gasteiger partial charge < -0.3 is 10.6 Å². The van der Waals surface area contributed by atoms with E-state index in [-0.39, 0.29) is 34.6 Å². The van der Waals surface area contributed by atoms with Crippen molar-refractivity contribution >= 4 is 21.8 Å². The van der Waals surface area contributed by atoms with E-state index in [1.54, 1.807) is 24.3 Å². The highest BCUT2D eigenvalue weighted by atomic mass is 32.2. The number of carbonyl (C=O) groups is 2. The van der Waals surface area contributed by atoms with Crippen LogP contribution in [0, 0.1) is 18.8 Å². The largest absolute Gasteiger partial charge is 0.352 e. The molecule has 0 aliphatic carbocycles. The zero-order valence-electron chi connectivity index (χ0n) is 18.6. The molecule has 7 nitrogen and oxygen atoms in total. The topological polar surface area (TPSA) is 95.6 Å². The van der Waals surface area contributed by atoms with E-state index in [2.05, 4.69) is 10.6 Å². The number of amides is 2. The Bertz CT molecular complexity index is 828. The Kier molecular flexibility index (Phi) is 8.43. The third kappa shape index (κ3) is 6.04. The lowest BCUT2D eigenvalue weighted by Gasteiger charge is -2.32. The molecule has 1 aliphatic heterocycles. The summed E-state index contributed by atoms with van der Waals surface area (Å²) in [5.74, 6) is -0.695. The summed E-state index contributed by atoms with van der Waals surface area (Å²) in [5, 5.41) is 5.82. The van der Waals surface area contributed by atoms with Crippen LogP contribution in [0.15, 0.2) is 29.2 Å². The molecule has 2 atom stereocenters. The van der Waals surface area contributed by atoms with E-state index in [1.165, 1.54) is 4.31 Å². The van der Waals surface area contributed by atoms with Crippen LogP contribution in [-0.4, -0.2) is 49.7 Å². The maximum Gasteiger partial charge on any atom is 0.243 e. The number of piperidine rings is 1. The van der Waals surface area contributed by atoms with Crippen LogP contribution >= 0.6 is 0 Å². The van der Waals surface area contributed by atoms with E-state index in [0.29, 0.717) is 25.9 Å². The quantitative estimate of drug-likeness (QED) is 0.653. The number of benzene rings is 1. The number of nitrogens with one attached hydrogen (secondary N) is 2. The van der Waals surface area contributed by atoms with Crippen LogP contribution in [0.3, 0.4) is 0 Å². The summed E-state index contributed by atoms with van der Waals surface area (Å²) >= 11 is 0. The minimum absolute atomic E-state index is 0.0417. The number of nitrogens with zero attached hydrogens (tertiary/aromatic N) is 1. The van der Waals surface area contributed by atoms with Gasteiger partial charge >= 0.3 is 0 Å². The van der Waals surface area contributed by atoms with Crippen LogP contribution < -0.4 is 10.6 Å². The third-order valence-corrected chi connectivity index (χ3v) is 7.64. The number of aryl methyl sites for hydroxylation is 1. The Hall–Kier alpha value is -1.93. The van der Waals surface area contributed by atoms with Crippen LogP contribution in [0.5, 0.6) is 0 Å². The zero-order chi connectivity index (χ0) is 22.5. The number of sulfonamides is 1. The first kappa shape index (κ1) is 24.3. The van der Waals surface area contributed by atoms with Crippen molar-refractivity contribution in [2.24, 2.45) is 11.8 Å². The van der Waals surface area contributed by atoms with Crippen molar-refractivity contribution in [1.82, 2.24) is 14.9 Å². The fourth-order valence-corrected chi connectivity index (χ4v) is 4.93. The van der Waals surface area contributed by atoms with E-state index in [9.17, 15) is 18.0 Å². The van der Waals surface area contributed by atoms with Crippen molar-refractivity contribution in [2.45, 2.75) is 70.9 Å². The Morgan fingerprint density at radius 2 is 1.63 bits per heavy atom. The lowest BCUT2D eigenvalue weighted by atomic mass is 9.95. The van der Waals surface area contributed by atoms with E-state index in [4.69, 9.17) is 0 Å². The molecule has 1 saturated heterocycles. The molecule has 0 radical (unpaired) electrons. The molecule has 168 valence electrons. The van der Waals surface area contributed by atoms with Crippen LogP contribution in [0.2, 0.25) is 0 Å². The smallest absolute Gasteiger partial charge is 0.243 e. The summed E-state index contributed by atoms with van der Waals surface area (Å²) in [7, 11) is -3.56. The standard InChI is InChI=1S/C22H35N3O4S/c1-6-17(5)23-22(27)20(15(2)3)24-21(26)18-11-13-25(14-12-18)30(28,29)19-9-7-16(4)8-10-19/h7-10,15,17-18,20H,6,11-14H2,1-5H3,(H,23,27)(H,24,26). The maximum atomic E-state index is 12.8. The fourth-order valence-electron chi connectivity index (χ4n) is 3.46. The molecule has 1 aromatic carbocycles. The van der Waals surface area contributed by atoms with Crippen LogP contribution in [-0.2, 0) is 19.6 Å². The van der Waals surface area contributed by atoms with Gasteiger partial charge in [-0.25, -0.2) is 8.42 Å². The first-order chi connectivity index (χ1) is 14.1. The molecule has 0 aromatic heterocycles. The molecule has 1 heterocycles. The van der Waals surface area contributed by atoms with Gasteiger partial charge in [0.2, 0.25) is 21.8 Å². The SMILES string of the molecule is CCC(C)NC(=O)C(NC(=O)C1CCN(S(=O)(=O)c2ccc(C)cc2)CC1)C(C)C. The summed E-state index contributed by atoms with van der Waals surface area (Å²) in [4.78, 5) is 25.6. The number of carbonyl (C=O) groups excluding carboxylic acids is 2.